The van der Waals surface area contributed by atoms with Gasteiger partial charge in [-0.3, -0.25) is 4.68 Å². The van der Waals surface area contributed by atoms with Crippen molar-refractivity contribution in [2.45, 2.75) is 39.3 Å². The highest BCUT2D eigenvalue weighted by molar-refractivity contribution is 9.10. The van der Waals surface area contributed by atoms with E-state index in [1.807, 2.05) is 4.68 Å². The lowest BCUT2D eigenvalue weighted by atomic mass is 10.1. The zero-order valence-corrected chi connectivity index (χ0v) is 14.1. The van der Waals surface area contributed by atoms with Crippen LogP contribution in [-0.2, 0) is 19.4 Å². The molecule has 1 atom stereocenters. The molecule has 2 heterocycles. The second-order valence-electron chi connectivity index (χ2n) is 4.67. The summed E-state index contributed by atoms with van der Waals surface area (Å²) in [6.07, 6.45) is 3.01. The van der Waals surface area contributed by atoms with Crippen molar-refractivity contribution in [3.8, 4) is 5.88 Å². The molecule has 0 radical (unpaired) electrons. The molecule has 2 aromatic rings. The average molecular weight is 354 g/mol. The van der Waals surface area contributed by atoms with Gasteiger partial charge in [-0.25, -0.2) is 9.97 Å². The second kappa shape index (κ2) is 7.00. The molecule has 114 valence electrons. The van der Waals surface area contributed by atoms with Crippen LogP contribution in [0.15, 0.2) is 16.9 Å². The number of ether oxygens (including phenoxy) is 1. The monoisotopic (exact) mass is 353 g/mol. The van der Waals surface area contributed by atoms with Crippen LogP contribution in [0.5, 0.6) is 5.88 Å². The molecule has 0 aromatic carbocycles. The van der Waals surface area contributed by atoms with Gasteiger partial charge in [-0.05, 0) is 29.3 Å². The number of halogens is 1. The first-order chi connectivity index (χ1) is 10.1. The van der Waals surface area contributed by atoms with Crippen molar-refractivity contribution in [1.29, 1.82) is 0 Å². The van der Waals surface area contributed by atoms with Gasteiger partial charge in [0.2, 0.25) is 5.88 Å². The molecule has 0 aliphatic heterocycles. The van der Waals surface area contributed by atoms with E-state index in [1.165, 1.54) is 6.33 Å². The number of aromatic nitrogens is 4. The molecule has 21 heavy (non-hydrogen) atoms. The zero-order valence-electron chi connectivity index (χ0n) is 12.5. The lowest BCUT2D eigenvalue weighted by Gasteiger charge is -2.13. The summed E-state index contributed by atoms with van der Waals surface area (Å²) in [7, 11) is 1.58. The SMILES string of the molecule is CCc1nn(CC)c(CC(N)c2cc(OC)ncn2)c1Br. The molecule has 0 aliphatic carbocycles. The van der Waals surface area contributed by atoms with E-state index in [2.05, 4.69) is 44.8 Å². The van der Waals surface area contributed by atoms with E-state index in [1.54, 1.807) is 13.2 Å². The van der Waals surface area contributed by atoms with Crippen LogP contribution < -0.4 is 10.5 Å². The van der Waals surface area contributed by atoms with Gasteiger partial charge >= 0.3 is 0 Å². The van der Waals surface area contributed by atoms with Crippen LogP contribution in [0.2, 0.25) is 0 Å². The molecule has 0 spiro atoms. The van der Waals surface area contributed by atoms with E-state index in [0.29, 0.717) is 12.3 Å². The van der Waals surface area contributed by atoms with Crippen LogP contribution in [0.3, 0.4) is 0 Å². The van der Waals surface area contributed by atoms with Crippen LogP contribution in [0, 0.1) is 0 Å². The third kappa shape index (κ3) is 3.41. The Bertz CT molecular complexity index is 613. The van der Waals surface area contributed by atoms with E-state index in [9.17, 15) is 0 Å². The molecule has 2 aromatic heterocycles. The van der Waals surface area contributed by atoms with Crippen LogP contribution in [-0.4, -0.2) is 26.9 Å². The van der Waals surface area contributed by atoms with Crippen molar-refractivity contribution in [3.05, 3.63) is 33.9 Å². The number of hydrogen-bond donors (Lipinski definition) is 1. The molecule has 2 rings (SSSR count). The minimum atomic E-state index is -0.232. The Kier molecular flexibility index (Phi) is 5.30. The molecular formula is C14H20BrN5O. The molecule has 1 unspecified atom stereocenters. The van der Waals surface area contributed by atoms with Crippen molar-refractivity contribution >= 4 is 15.9 Å². The highest BCUT2D eigenvalue weighted by Crippen LogP contribution is 2.26. The number of aryl methyl sites for hydroxylation is 2. The normalized spacial score (nSPS) is 12.4. The fourth-order valence-electron chi connectivity index (χ4n) is 2.19. The summed E-state index contributed by atoms with van der Waals surface area (Å²) in [6.45, 7) is 4.97. The fraction of sp³-hybridized carbons (Fsp3) is 0.500. The third-order valence-electron chi connectivity index (χ3n) is 3.36. The highest BCUT2D eigenvalue weighted by atomic mass is 79.9. The molecule has 0 fully saturated rings. The summed E-state index contributed by atoms with van der Waals surface area (Å²) in [5.41, 5.74) is 9.20. The Morgan fingerprint density at radius 1 is 1.38 bits per heavy atom. The van der Waals surface area contributed by atoms with Gasteiger partial charge in [0.25, 0.3) is 0 Å². The molecule has 0 bridgehead atoms. The first kappa shape index (κ1) is 15.9. The maximum atomic E-state index is 6.29. The van der Waals surface area contributed by atoms with Crippen LogP contribution >= 0.6 is 15.9 Å². The Morgan fingerprint density at radius 2 is 2.14 bits per heavy atom. The Morgan fingerprint density at radius 3 is 2.76 bits per heavy atom. The number of nitrogens with zero attached hydrogens (tertiary/aromatic N) is 4. The van der Waals surface area contributed by atoms with E-state index in [4.69, 9.17) is 10.5 Å². The van der Waals surface area contributed by atoms with E-state index < -0.39 is 0 Å². The van der Waals surface area contributed by atoms with Crippen molar-refractivity contribution in [1.82, 2.24) is 19.7 Å². The predicted molar refractivity (Wildman–Crippen MR) is 84.2 cm³/mol. The zero-order chi connectivity index (χ0) is 15.4. The van der Waals surface area contributed by atoms with E-state index >= 15 is 0 Å². The first-order valence-electron chi connectivity index (χ1n) is 6.96. The van der Waals surface area contributed by atoms with Crippen LogP contribution in [0.1, 0.15) is 37.0 Å². The van der Waals surface area contributed by atoms with Crippen LogP contribution in [0.25, 0.3) is 0 Å². The molecule has 2 N–H and O–H groups in total. The molecular weight excluding hydrogens is 334 g/mol. The van der Waals surface area contributed by atoms with Gasteiger partial charge < -0.3 is 10.5 Å². The van der Waals surface area contributed by atoms with E-state index in [0.717, 1.165) is 34.5 Å². The Balaban J connectivity index is 2.26. The number of rotatable bonds is 6. The Hall–Kier alpha value is -1.47. The van der Waals surface area contributed by atoms with Crippen molar-refractivity contribution in [2.75, 3.05) is 7.11 Å². The van der Waals surface area contributed by atoms with Crippen LogP contribution in [0.4, 0.5) is 0 Å². The maximum Gasteiger partial charge on any atom is 0.216 e. The number of nitrogens with two attached hydrogens (primary N) is 1. The molecule has 0 aliphatic rings. The second-order valence-corrected chi connectivity index (χ2v) is 5.47. The fourth-order valence-corrected chi connectivity index (χ4v) is 2.92. The summed E-state index contributed by atoms with van der Waals surface area (Å²) >= 11 is 3.64. The minimum absolute atomic E-state index is 0.232. The quantitative estimate of drug-likeness (QED) is 0.861. The highest BCUT2D eigenvalue weighted by Gasteiger charge is 2.18. The van der Waals surface area contributed by atoms with Gasteiger partial charge in [-0.1, -0.05) is 6.92 Å². The molecule has 7 heteroatoms. The standard InChI is InChI=1S/C14H20BrN5O/c1-4-10-14(15)12(20(5-2)19-10)6-9(16)11-7-13(21-3)18-8-17-11/h7-9H,4-6,16H2,1-3H3. The van der Waals surface area contributed by atoms with Gasteiger partial charge in [0, 0.05) is 19.0 Å². The number of hydrogen-bond acceptors (Lipinski definition) is 5. The first-order valence-corrected chi connectivity index (χ1v) is 7.75. The molecule has 6 nitrogen and oxygen atoms in total. The maximum absolute atomic E-state index is 6.29. The molecule has 0 saturated carbocycles. The van der Waals surface area contributed by atoms with Gasteiger partial charge in [-0.2, -0.15) is 5.10 Å². The van der Waals surface area contributed by atoms with Crippen molar-refractivity contribution in [3.63, 3.8) is 0 Å². The largest absolute Gasteiger partial charge is 0.481 e. The smallest absolute Gasteiger partial charge is 0.216 e. The lowest BCUT2D eigenvalue weighted by Crippen LogP contribution is -2.18. The summed E-state index contributed by atoms with van der Waals surface area (Å²) in [5, 5.41) is 4.58. The third-order valence-corrected chi connectivity index (χ3v) is 4.27. The van der Waals surface area contributed by atoms with Gasteiger partial charge in [0.1, 0.15) is 6.33 Å². The molecule has 0 saturated heterocycles. The van der Waals surface area contributed by atoms with Gasteiger partial charge in [0.05, 0.1) is 34.7 Å². The van der Waals surface area contributed by atoms with Gasteiger partial charge in [-0.15, -0.1) is 0 Å². The Labute approximate surface area is 132 Å². The summed E-state index contributed by atoms with van der Waals surface area (Å²) in [5.74, 6) is 0.521. The summed E-state index contributed by atoms with van der Waals surface area (Å²) < 4.78 is 8.14. The van der Waals surface area contributed by atoms with E-state index in [-0.39, 0.29) is 6.04 Å². The molecule has 0 amide bonds. The minimum Gasteiger partial charge on any atom is -0.481 e. The van der Waals surface area contributed by atoms with Crippen molar-refractivity contribution < 1.29 is 4.74 Å². The number of methoxy groups -OCH3 is 1. The summed E-state index contributed by atoms with van der Waals surface area (Å²) in [6, 6.07) is 1.54. The lowest BCUT2D eigenvalue weighted by molar-refractivity contribution is 0.395. The average Bonchev–Trinajstić information content (AvgIpc) is 2.83. The van der Waals surface area contributed by atoms with Gasteiger partial charge in [0.15, 0.2) is 0 Å². The predicted octanol–water partition coefficient (Wildman–Crippen LogP) is 2.27. The van der Waals surface area contributed by atoms with Crippen molar-refractivity contribution in [2.24, 2.45) is 5.73 Å². The summed E-state index contributed by atoms with van der Waals surface area (Å²) in [4.78, 5) is 8.23. The topological polar surface area (TPSA) is 78.9 Å².